The zero-order valence-corrected chi connectivity index (χ0v) is 20.6. The van der Waals surface area contributed by atoms with E-state index in [1.807, 2.05) is 29.2 Å². The van der Waals surface area contributed by atoms with Crippen LogP contribution in [0.1, 0.15) is 33.9 Å². The van der Waals surface area contributed by atoms with Crippen LogP contribution in [0.2, 0.25) is 0 Å². The summed E-state index contributed by atoms with van der Waals surface area (Å²) in [7, 11) is 0. The van der Waals surface area contributed by atoms with Crippen molar-refractivity contribution in [2.24, 2.45) is 0 Å². The summed E-state index contributed by atoms with van der Waals surface area (Å²) in [6.07, 6.45) is 2.04. The van der Waals surface area contributed by atoms with Gasteiger partial charge in [-0.15, -0.1) is 0 Å². The maximum Gasteiger partial charge on any atom is 0.255 e. The molecule has 2 aromatic heterocycles. The van der Waals surface area contributed by atoms with E-state index in [0.29, 0.717) is 67.7 Å². The number of anilines is 1. The summed E-state index contributed by atoms with van der Waals surface area (Å²) in [5.41, 5.74) is 2.92. The lowest BCUT2D eigenvalue weighted by molar-refractivity contribution is 0.0923. The molecule has 196 valence electrons. The Morgan fingerprint density at radius 3 is 2.68 bits per heavy atom. The number of rotatable bonds is 4. The number of fused-ring (bicyclic) bond motifs is 2. The molecule has 1 atom stereocenters. The Morgan fingerprint density at radius 1 is 1.08 bits per heavy atom. The average molecular weight is 523 g/mol. The van der Waals surface area contributed by atoms with Crippen molar-refractivity contribution in [3.05, 3.63) is 82.8 Å². The molecule has 0 aliphatic carbocycles. The summed E-state index contributed by atoms with van der Waals surface area (Å²) in [6.45, 7) is 4.20. The van der Waals surface area contributed by atoms with Gasteiger partial charge in [0, 0.05) is 36.7 Å². The lowest BCUT2D eigenvalue weighted by Gasteiger charge is -2.31. The number of para-hydroxylation sites is 1. The largest absolute Gasteiger partial charge is 0.493 e. The van der Waals surface area contributed by atoms with Crippen molar-refractivity contribution < 1.29 is 27.4 Å². The van der Waals surface area contributed by atoms with E-state index in [-0.39, 0.29) is 23.2 Å². The molecule has 7 nitrogen and oxygen atoms in total. The molecular formula is C28H25F3N4O3. The predicted octanol–water partition coefficient (Wildman–Crippen LogP) is 4.82. The number of ether oxygens (including phenoxy) is 2. The fourth-order valence-corrected chi connectivity index (χ4v) is 5.29. The second-order valence-electron chi connectivity index (χ2n) is 9.43. The molecular weight excluding hydrogens is 497 g/mol. The van der Waals surface area contributed by atoms with E-state index in [9.17, 15) is 18.0 Å². The van der Waals surface area contributed by atoms with Crippen molar-refractivity contribution in [2.45, 2.75) is 19.4 Å². The molecule has 6 rings (SSSR count). The molecule has 1 saturated heterocycles. The van der Waals surface area contributed by atoms with Crippen molar-refractivity contribution in [1.82, 2.24) is 14.9 Å². The lowest BCUT2D eigenvalue weighted by atomic mass is 10.00. The summed E-state index contributed by atoms with van der Waals surface area (Å²) < 4.78 is 55.7. The molecule has 4 heterocycles. The first-order chi connectivity index (χ1) is 18.4. The lowest BCUT2D eigenvalue weighted by Crippen LogP contribution is -2.39. The van der Waals surface area contributed by atoms with E-state index in [1.54, 1.807) is 13.0 Å². The van der Waals surface area contributed by atoms with Gasteiger partial charge in [-0.3, -0.25) is 4.79 Å². The number of hydrogen-bond acceptors (Lipinski definition) is 5. The molecule has 0 saturated carbocycles. The fraction of sp³-hybridized carbons (Fsp3) is 0.286. The normalized spacial score (nSPS) is 17.3. The molecule has 2 aliphatic heterocycles. The first-order valence-corrected chi connectivity index (χ1v) is 12.4. The van der Waals surface area contributed by atoms with Crippen LogP contribution in [0.25, 0.3) is 16.8 Å². The van der Waals surface area contributed by atoms with Gasteiger partial charge in [-0.25, -0.2) is 17.7 Å². The number of aryl methyl sites for hydroxylation is 1. The van der Waals surface area contributed by atoms with Gasteiger partial charge in [-0.05, 0) is 30.7 Å². The third-order valence-corrected chi connectivity index (χ3v) is 7.05. The van der Waals surface area contributed by atoms with Gasteiger partial charge in [0.25, 0.3) is 5.91 Å². The van der Waals surface area contributed by atoms with Crippen LogP contribution < -0.4 is 15.0 Å². The van der Waals surface area contributed by atoms with Crippen LogP contribution in [0.5, 0.6) is 5.75 Å². The smallest absolute Gasteiger partial charge is 0.255 e. The SMILES string of the molecule is Cc1cc2c(N3CCOCC3)c(C(=O)N[C@H]3CCOc4ccccc43)cnn2c1-c1cc(F)cc(F)c1F. The number of hydrogen-bond donors (Lipinski definition) is 1. The molecule has 1 N–H and O–H groups in total. The van der Waals surface area contributed by atoms with Gasteiger partial charge in [0.2, 0.25) is 0 Å². The second kappa shape index (κ2) is 9.68. The minimum Gasteiger partial charge on any atom is -0.493 e. The van der Waals surface area contributed by atoms with Gasteiger partial charge in [0.1, 0.15) is 11.6 Å². The number of nitrogens with zero attached hydrogens (tertiary/aromatic N) is 3. The molecule has 10 heteroatoms. The van der Waals surface area contributed by atoms with Crippen LogP contribution in [0.4, 0.5) is 18.9 Å². The van der Waals surface area contributed by atoms with Crippen LogP contribution >= 0.6 is 0 Å². The van der Waals surface area contributed by atoms with E-state index in [1.165, 1.54) is 10.7 Å². The van der Waals surface area contributed by atoms with Gasteiger partial charge in [-0.1, -0.05) is 18.2 Å². The number of carbonyl (C=O) groups excluding carboxylic acids is 1. The van der Waals surface area contributed by atoms with Crippen molar-refractivity contribution in [2.75, 3.05) is 37.8 Å². The monoisotopic (exact) mass is 522 g/mol. The van der Waals surface area contributed by atoms with E-state index in [2.05, 4.69) is 10.4 Å². The molecule has 0 bridgehead atoms. The van der Waals surface area contributed by atoms with Crippen LogP contribution in [-0.2, 0) is 4.74 Å². The quantitative estimate of drug-likeness (QED) is 0.390. The van der Waals surface area contributed by atoms with Gasteiger partial charge < -0.3 is 19.7 Å². The summed E-state index contributed by atoms with van der Waals surface area (Å²) in [5, 5.41) is 7.58. The zero-order valence-electron chi connectivity index (χ0n) is 20.6. The number of amides is 1. The first kappa shape index (κ1) is 24.3. The molecule has 38 heavy (non-hydrogen) atoms. The third kappa shape index (κ3) is 4.14. The van der Waals surface area contributed by atoms with E-state index in [4.69, 9.17) is 9.47 Å². The first-order valence-electron chi connectivity index (χ1n) is 12.4. The van der Waals surface area contributed by atoms with Crippen LogP contribution in [0, 0.1) is 24.4 Å². The van der Waals surface area contributed by atoms with E-state index in [0.717, 1.165) is 17.4 Å². The number of halogens is 3. The summed E-state index contributed by atoms with van der Waals surface area (Å²) >= 11 is 0. The number of aromatic nitrogens is 2. The molecule has 0 unspecified atom stereocenters. The zero-order chi connectivity index (χ0) is 26.4. The van der Waals surface area contributed by atoms with E-state index < -0.39 is 17.5 Å². The second-order valence-corrected chi connectivity index (χ2v) is 9.43. The highest BCUT2D eigenvalue weighted by Gasteiger charge is 2.29. The fourth-order valence-electron chi connectivity index (χ4n) is 5.29. The molecule has 4 aromatic rings. The molecule has 0 radical (unpaired) electrons. The molecule has 2 aromatic carbocycles. The Bertz CT molecular complexity index is 1550. The Balaban J connectivity index is 1.47. The van der Waals surface area contributed by atoms with Gasteiger partial charge >= 0.3 is 0 Å². The number of morpholine rings is 1. The van der Waals surface area contributed by atoms with Crippen molar-refractivity contribution in [1.29, 1.82) is 0 Å². The Kier molecular flexibility index (Phi) is 6.19. The third-order valence-electron chi connectivity index (χ3n) is 7.05. The maximum absolute atomic E-state index is 14.8. The number of nitrogens with one attached hydrogen (secondary N) is 1. The Labute approximate surface area is 216 Å². The Hall–Kier alpha value is -4.05. The van der Waals surface area contributed by atoms with E-state index >= 15 is 0 Å². The van der Waals surface area contributed by atoms with Gasteiger partial charge in [0.05, 0.1) is 54.5 Å². The predicted molar refractivity (Wildman–Crippen MR) is 135 cm³/mol. The molecule has 1 amide bonds. The topological polar surface area (TPSA) is 68.1 Å². The van der Waals surface area contributed by atoms with Crippen LogP contribution in [0.3, 0.4) is 0 Å². The number of benzene rings is 2. The highest BCUT2D eigenvalue weighted by molar-refractivity contribution is 6.04. The summed E-state index contributed by atoms with van der Waals surface area (Å²) in [5.74, 6) is -2.91. The Morgan fingerprint density at radius 2 is 1.87 bits per heavy atom. The van der Waals surface area contributed by atoms with Crippen molar-refractivity contribution >= 4 is 17.1 Å². The van der Waals surface area contributed by atoms with Crippen LogP contribution in [0.15, 0.2) is 48.7 Å². The van der Waals surface area contributed by atoms with Crippen molar-refractivity contribution in [3.63, 3.8) is 0 Å². The minimum atomic E-state index is -1.28. The van der Waals surface area contributed by atoms with Crippen molar-refractivity contribution in [3.8, 4) is 17.0 Å². The molecule has 2 aliphatic rings. The standard InChI is InChI=1S/C28H25F3N4O3/c1-16-12-23-27(34-7-10-37-11-8-34)20(28(36)33-22-6-9-38-24-5-3-2-4-18(22)24)15-32-35(23)26(16)19-13-17(29)14-21(30)25(19)31/h2-5,12-15,22H,6-11H2,1H3,(H,33,36)/t22-/m0/s1. The average Bonchev–Trinajstić information content (AvgIpc) is 3.26. The highest BCUT2D eigenvalue weighted by atomic mass is 19.2. The van der Waals surface area contributed by atoms with Crippen LogP contribution in [-0.4, -0.2) is 48.4 Å². The van der Waals surface area contributed by atoms with Gasteiger partial charge in [0.15, 0.2) is 11.6 Å². The summed E-state index contributed by atoms with van der Waals surface area (Å²) in [6, 6.07) is 10.6. The van der Waals surface area contributed by atoms with Gasteiger partial charge in [-0.2, -0.15) is 5.10 Å². The minimum absolute atomic E-state index is 0.218. The summed E-state index contributed by atoms with van der Waals surface area (Å²) in [4.78, 5) is 15.7. The number of carbonyl (C=O) groups is 1. The highest BCUT2D eigenvalue weighted by Crippen LogP contribution is 2.37. The molecule has 1 fully saturated rings. The molecule has 0 spiro atoms. The maximum atomic E-state index is 14.8.